The van der Waals surface area contributed by atoms with E-state index >= 15 is 0 Å². The van der Waals surface area contributed by atoms with Gasteiger partial charge in [-0.2, -0.15) is 0 Å². The number of ether oxygens (including phenoxy) is 2. The second-order valence-electron chi connectivity index (χ2n) is 2.64. The van der Waals surface area contributed by atoms with Gasteiger partial charge in [0, 0.05) is 6.42 Å². The van der Waals surface area contributed by atoms with Gasteiger partial charge < -0.3 is 9.47 Å². The van der Waals surface area contributed by atoms with Crippen LogP contribution < -0.4 is 0 Å². The lowest BCUT2D eigenvalue weighted by Gasteiger charge is -2.04. The normalized spacial score (nSPS) is 11.0. The molecule has 0 aliphatic heterocycles. The number of methoxy groups -OCH3 is 1. The Morgan fingerprint density at radius 2 is 2.23 bits per heavy atom. The van der Waals surface area contributed by atoms with Crippen LogP contribution in [0, 0.1) is 11.8 Å². The molecule has 0 saturated carbocycles. The van der Waals surface area contributed by atoms with E-state index in [0.717, 1.165) is 19.3 Å². The number of hydrogen-bond donors (Lipinski definition) is 0. The second-order valence-corrected chi connectivity index (χ2v) is 2.64. The van der Waals surface area contributed by atoms with Crippen molar-refractivity contribution >= 4 is 6.16 Å². The molecule has 0 unspecified atom stereocenters. The summed E-state index contributed by atoms with van der Waals surface area (Å²) in [6.07, 6.45) is 1.99. The summed E-state index contributed by atoms with van der Waals surface area (Å²) in [4.78, 5) is 10.6. The molecule has 1 atom stereocenters. The Balaban J connectivity index is 3.63. The van der Waals surface area contributed by atoms with Crippen LogP contribution in [0.4, 0.5) is 4.79 Å². The minimum Gasteiger partial charge on any atom is -0.438 e. The highest BCUT2D eigenvalue weighted by atomic mass is 16.7. The quantitative estimate of drug-likeness (QED) is 0.383. The van der Waals surface area contributed by atoms with Crippen molar-refractivity contribution in [3.05, 3.63) is 0 Å². The van der Waals surface area contributed by atoms with E-state index < -0.39 is 6.16 Å². The molecule has 13 heavy (non-hydrogen) atoms. The van der Waals surface area contributed by atoms with Crippen molar-refractivity contribution in [2.75, 3.05) is 7.11 Å². The van der Waals surface area contributed by atoms with E-state index in [-0.39, 0.29) is 6.10 Å². The maximum Gasteiger partial charge on any atom is 0.509 e. The lowest BCUT2D eigenvalue weighted by atomic mass is 10.2. The van der Waals surface area contributed by atoms with Crippen LogP contribution in [0.25, 0.3) is 0 Å². The fraction of sp³-hybridized carbons (Fsp3) is 0.700. The maximum absolute atomic E-state index is 10.6. The molecule has 0 spiro atoms. The van der Waals surface area contributed by atoms with Gasteiger partial charge in [0.25, 0.3) is 0 Å². The molecular formula is C10H16O3. The van der Waals surface area contributed by atoms with Crippen LogP contribution >= 0.6 is 0 Å². The first-order valence-corrected chi connectivity index (χ1v) is 4.43. The van der Waals surface area contributed by atoms with E-state index in [2.05, 4.69) is 23.5 Å². The smallest absolute Gasteiger partial charge is 0.438 e. The highest BCUT2D eigenvalue weighted by Gasteiger charge is 2.04. The molecule has 74 valence electrons. The minimum absolute atomic E-state index is 0.385. The average molecular weight is 184 g/mol. The van der Waals surface area contributed by atoms with E-state index in [4.69, 9.17) is 4.74 Å². The Bertz CT molecular complexity index is 200. The summed E-state index contributed by atoms with van der Waals surface area (Å²) >= 11 is 0. The standard InChI is InChI=1S/C10H16O3/c1-4-5-6-7-8-9(2)13-10(11)12-3/h9H,4-6H2,1-3H3/t9-/m0/s1. The average Bonchev–Trinajstić information content (AvgIpc) is 2.12. The molecule has 0 rings (SSSR count). The van der Waals surface area contributed by atoms with Gasteiger partial charge in [0.2, 0.25) is 0 Å². The molecule has 0 radical (unpaired) electrons. The molecule has 0 N–H and O–H groups in total. The zero-order chi connectivity index (χ0) is 10.1. The van der Waals surface area contributed by atoms with Gasteiger partial charge in [-0.1, -0.05) is 25.2 Å². The molecule has 0 aliphatic carbocycles. The summed E-state index contributed by atoms with van der Waals surface area (Å²) in [5.41, 5.74) is 0. The monoisotopic (exact) mass is 184 g/mol. The van der Waals surface area contributed by atoms with Gasteiger partial charge in [-0.25, -0.2) is 4.79 Å². The van der Waals surface area contributed by atoms with Gasteiger partial charge in [-0.3, -0.25) is 0 Å². The summed E-state index contributed by atoms with van der Waals surface area (Å²) in [6, 6.07) is 0. The first-order valence-electron chi connectivity index (χ1n) is 4.43. The van der Waals surface area contributed by atoms with Crippen LogP contribution in [0.3, 0.4) is 0 Å². The zero-order valence-corrected chi connectivity index (χ0v) is 8.42. The summed E-state index contributed by atoms with van der Waals surface area (Å²) in [5.74, 6) is 5.74. The first kappa shape index (κ1) is 11.8. The minimum atomic E-state index is -0.683. The van der Waals surface area contributed by atoms with Crippen molar-refractivity contribution in [2.45, 2.75) is 39.2 Å². The zero-order valence-electron chi connectivity index (χ0n) is 8.42. The number of carbonyl (C=O) groups excluding carboxylic acids is 1. The van der Waals surface area contributed by atoms with Gasteiger partial charge in [0.15, 0.2) is 6.10 Å². The van der Waals surface area contributed by atoms with E-state index in [9.17, 15) is 4.79 Å². The Kier molecular flexibility index (Phi) is 6.80. The molecule has 0 aromatic heterocycles. The molecule has 0 aliphatic rings. The highest BCUT2D eigenvalue weighted by molar-refractivity contribution is 5.60. The topological polar surface area (TPSA) is 35.5 Å². The Hall–Kier alpha value is -1.17. The molecule has 0 aromatic rings. The SMILES string of the molecule is CCCCC#C[C@H](C)OC(=O)OC. The summed E-state index contributed by atoms with van der Waals surface area (Å²) < 4.78 is 9.06. The molecule has 0 bridgehead atoms. The largest absolute Gasteiger partial charge is 0.509 e. The second kappa shape index (κ2) is 7.48. The van der Waals surface area contributed by atoms with E-state index in [0.29, 0.717) is 0 Å². The summed E-state index contributed by atoms with van der Waals surface area (Å²) in [5, 5.41) is 0. The molecule has 0 heterocycles. The molecule has 0 amide bonds. The van der Waals surface area contributed by atoms with Gasteiger partial charge in [-0.05, 0) is 13.3 Å². The fourth-order valence-corrected chi connectivity index (χ4v) is 0.703. The summed E-state index contributed by atoms with van der Waals surface area (Å²) in [6.45, 7) is 3.83. The van der Waals surface area contributed by atoms with Crippen molar-refractivity contribution in [3.63, 3.8) is 0 Å². The van der Waals surface area contributed by atoms with E-state index in [1.807, 2.05) is 0 Å². The van der Waals surface area contributed by atoms with Gasteiger partial charge in [-0.15, -0.1) is 0 Å². The number of unbranched alkanes of at least 4 members (excludes halogenated alkanes) is 2. The molecule has 3 nitrogen and oxygen atoms in total. The first-order chi connectivity index (χ1) is 6.20. The molecule has 3 heteroatoms. The van der Waals surface area contributed by atoms with Gasteiger partial charge in [0.05, 0.1) is 7.11 Å². The van der Waals surface area contributed by atoms with Crippen molar-refractivity contribution in [2.24, 2.45) is 0 Å². The third kappa shape index (κ3) is 7.20. The van der Waals surface area contributed by atoms with Crippen LogP contribution in [-0.2, 0) is 9.47 Å². The molecular weight excluding hydrogens is 168 g/mol. The highest BCUT2D eigenvalue weighted by Crippen LogP contribution is 1.94. The predicted octanol–water partition coefficient (Wildman–Crippen LogP) is 2.35. The lowest BCUT2D eigenvalue weighted by molar-refractivity contribution is 0.0604. The van der Waals surface area contributed by atoms with E-state index in [1.54, 1.807) is 6.92 Å². The Morgan fingerprint density at radius 1 is 1.54 bits per heavy atom. The Morgan fingerprint density at radius 3 is 2.77 bits per heavy atom. The summed E-state index contributed by atoms with van der Waals surface area (Å²) in [7, 11) is 1.28. The Labute approximate surface area is 79.4 Å². The van der Waals surface area contributed by atoms with Crippen LogP contribution in [0.1, 0.15) is 33.1 Å². The molecule has 0 saturated heterocycles. The predicted molar refractivity (Wildman–Crippen MR) is 50.3 cm³/mol. The van der Waals surface area contributed by atoms with Crippen molar-refractivity contribution in [3.8, 4) is 11.8 Å². The van der Waals surface area contributed by atoms with Crippen molar-refractivity contribution in [1.29, 1.82) is 0 Å². The number of rotatable bonds is 3. The lowest BCUT2D eigenvalue weighted by Crippen LogP contribution is -2.12. The fourth-order valence-electron chi connectivity index (χ4n) is 0.703. The van der Waals surface area contributed by atoms with Gasteiger partial charge in [0.1, 0.15) is 0 Å². The third-order valence-electron chi connectivity index (χ3n) is 1.40. The van der Waals surface area contributed by atoms with Crippen molar-refractivity contribution < 1.29 is 14.3 Å². The van der Waals surface area contributed by atoms with Crippen LogP contribution in [0.5, 0.6) is 0 Å². The van der Waals surface area contributed by atoms with E-state index in [1.165, 1.54) is 7.11 Å². The van der Waals surface area contributed by atoms with Crippen LogP contribution in [0.2, 0.25) is 0 Å². The molecule has 0 aromatic carbocycles. The third-order valence-corrected chi connectivity index (χ3v) is 1.40. The number of carbonyl (C=O) groups is 1. The van der Waals surface area contributed by atoms with Gasteiger partial charge >= 0.3 is 6.16 Å². The molecule has 0 fully saturated rings. The maximum atomic E-state index is 10.6. The van der Waals surface area contributed by atoms with Crippen LogP contribution in [0.15, 0.2) is 0 Å². The van der Waals surface area contributed by atoms with Crippen molar-refractivity contribution in [1.82, 2.24) is 0 Å². The van der Waals surface area contributed by atoms with Crippen LogP contribution in [-0.4, -0.2) is 19.4 Å². The number of hydrogen-bond acceptors (Lipinski definition) is 3.